The molecule has 26 heavy (non-hydrogen) atoms. The number of hydrogen-bond acceptors (Lipinski definition) is 7. The minimum Gasteiger partial charge on any atom is -0.403 e. The monoisotopic (exact) mass is 374 g/mol. The van der Waals surface area contributed by atoms with Gasteiger partial charge in [-0.2, -0.15) is 5.10 Å². The van der Waals surface area contributed by atoms with E-state index >= 15 is 0 Å². The van der Waals surface area contributed by atoms with Gasteiger partial charge in [-0.1, -0.05) is 23.3 Å². The highest BCUT2D eigenvalue weighted by molar-refractivity contribution is 7.92. The Morgan fingerprint density at radius 2 is 2.15 bits per heavy atom. The van der Waals surface area contributed by atoms with Crippen molar-refractivity contribution in [1.29, 1.82) is 0 Å². The van der Waals surface area contributed by atoms with Gasteiger partial charge in [0.2, 0.25) is 10.0 Å². The molecule has 0 aliphatic carbocycles. The lowest BCUT2D eigenvalue weighted by molar-refractivity contribution is 0.581. The van der Waals surface area contributed by atoms with Gasteiger partial charge in [-0.3, -0.25) is 8.99 Å². The summed E-state index contributed by atoms with van der Waals surface area (Å²) in [6, 6.07) is 6.05. The van der Waals surface area contributed by atoms with Crippen molar-refractivity contribution >= 4 is 21.7 Å². The van der Waals surface area contributed by atoms with Gasteiger partial charge in [-0.15, -0.1) is 5.10 Å². The Balaban J connectivity index is 1.55. The summed E-state index contributed by atoms with van der Waals surface area (Å²) in [6.07, 6.45) is 5.36. The van der Waals surface area contributed by atoms with E-state index in [2.05, 4.69) is 20.6 Å². The maximum atomic E-state index is 12.0. The quantitative estimate of drug-likeness (QED) is 0.719. The van der Waals surface area contributed by atoms with Gasteiger partial charge in [-0.25, -0.2) is 8.42 Å². The van der Waals surface area contributed by atoms with Crippen LogP contribution in [0.2, 0.25) is 0 Å². The van der Waals surface area contributed by atoms with Crippen molar-refractivity contribution in [2.75, 3.05) is 22.4 Å². The Bertz CT molecular complexity index is 1060. The number of anilines is 2. The smallest absolute Gasteiger partial charge is 0.316 e. The Morgan fingerprint density at radius 1 is 1.31 bits per heavy atom. The topological polar surface area (TPSA) is 106 Å². The van der Waals surface area contributed by atoms with Gasteiger partial charge < -0.3 is 9.73 Å². The number of fused-ring (bicyclic) bond motifs is 1. The zero-order valence-electron chi connectivity index (χ0n) is 14.4. The van der Waals surface area contributed by atoms with Crippen molar-refractivity contribution in [2.24, 2.45) is 7.05 Å². The fourth-order valence-corrected chi connectivity index (χ4v) is 4.08. The molecule has 9 nitrogen and oxygen atoms in total. The van der Waals surface area contributed by atoms with E-state index in [0.29, 0.717) is 25.4 Å². The highest BCUT2D eigenvalue weighted by atomic mass is 32.2. The summed E-state index contributed by atoms with van der Waals surface area (Å²) in [5, 5.41) is 15.1. The SMILES string of the molecule is Cn1cc(-c2nnc(NCc3cccc4c3N(S(C)(=O)=O)CC4)o2)cn1. The van der Waals surface area contributed by atoms with Crippen LogP contribution in [-0.2, 0) is 30.0 Å². The zero-order valence-corrected chi connectivity index (χ0v) is 15.2. The Morgan fingerprint density at radius 3 is 2.88 bits per heavy atom. The molecular weight excluding hydrogens is 356 g/mol. The van der Waals surface area contributed by atoms with Crippen LogP contribution in [-0.4, -0.2) is 41.2 Å². The van der Waals surface area contributed by atoms with Crippen LogP contribution < -0.4 is 9.62 Å². The lowest BCUT2D eigenvalue weighted by Crippen LogP contribution is -2.28. The number of para-hydroxylation sites is 1. The molecule has 2 aromatic heterocycles. The highest BCUT2D eigenvalue weighted by Gasteiger charge is 2.28. The van der Waals surface area contributed by atoms with Crippen LogP contribution in [0, 0.1) is 0 Å². The molecule has 1 aliphatic heterocycles. The van der Waals surface area contributed by atoms with Gasteiger partial charge in [0.05, 0.1) is 23.7 Å². The van der Waals surface area contributed by atoms with Gasteiger partial charge in [0, 0.05) is 26.3 Å². The molecule has 3 aromatic rings. The van der Waals surface area contributed by atoms with Crippen LogP contribution >= 0.6 is 0 Å². The first-order valence-corrected chi connectivity index (χ1v) is 9.91. The average molecular weight is 374 g/mol. The third-order valence-corrected chi connectivity index (χ3v) is 5.41. The fourth-order valence-electron chi connectivity index (χ4n) is 3.09. The van der Waals surface area contributed by atoms with E-state index in [0.717, 1.165) is 22.4 Å². The van der Waals surface area contributed by atoms with Crippen molar-refractivity contribution < 1.29 is 12.8 Å². The second kappa shape index (κ2) is 6.13. The van der Waals surface area contributed by atoms with Gasteiger partial charge in [0.15, 0.2) is 0 Å². The summed E-state index contributed by atoms with van der Waals surface area (Å²) in [4.78, 5) is 0. The van der Waals surface area contributed by atoms with Crippen LogP contribution in [0.5, 0.6) is 0 Å². The van der Waals surface area contributed by atoms with Crippen LogP contribution in [0.4, 0.5) is 11.7 Å². The molecule has 0 saturated heterocycles. The Kier molecular flexibility index (Phi) is 3.91. The van der Waals surface area contributed by atoms with Crippen molar-refractivity contribution in [1.82, 2.24) is 20.0 Å². The van der Waals surface area contributed by atoms with Crippen LogP contribution in [0.25, 0.3) is 11.5 Å². The highest BCUT2D eigenvalue weighted by Crippen LogP contribution is 2.34. The van der Waals surface area contributed by atoms with Crippen molar-refractivity contribution in [3.05, 3.63) is 41.7 Å². The van der Waals surface area contributed by atoms with Gasteiger partial charge in [0.25, 0.3) is 5.89 Å². The summed E-state index contributed by atoms with van der Waals surface area (Å²) in [5.41, 5.74) is 3.37. The van der Waals surface area contributed by atoms with E-state index in [1.54, 1.807) is 17.1 Å². The number of hydrogen-bond donors (Lipinski definition) is 1. The summed E-state index contributed by atoms with van der Waals surface area (Å²) in [5.74, 6) is 0.372. The molecule has 0 unspecified atom stereocenters. The third-order valence-electron chi connectivity index (χ3n) is 4.24. The number of nitrogens with one attached hydrogen (secondary N) is 1. The maximum absolute atomic E-state index is 12.0. The lowest BCUT2D eigenvalue weighted by Gasteiger charge is -2.19. The first-order valence-electron chi connectivity index (χ1n) is 8.07. The van der Waals surface area contributed by atoms with Gasteiger partial charge >= 0.3 is 6.01 Å². The maximum Gasteiger partial charge on any atom is 0.316 e. The van der Waals surface area contributed by atoms with E-state index in [1.807, 2.05) is 25.2 Å². The summed E-state index contributed by atoms with van der Waals surface area (Å²) in [6.45, 7) is 0.848. The molecule has 0 radical (unpaired) electrons. The largest absolute Gasteiger partial charge is 0.403 e. The molecule has 10 heteroatoms. The number of nitrogens with zero attached hydrogens (tertiary/aromatic N) is 5. The van der Waals surface area contributed by atoms with Gasteiger partial charge in [-0.05, 0) is 17.5 Å². The molecule has 4 rings (SSSR count). The van der Waals surface area contributed by atoms with Crippen molar-refractivity contribution in [2.45, 2.75) is 13.0 Å². The molecule has 136 valence electrons. The number of benzene rings is 1. The van der Waals surface area contributed by atoms with Crippen LogP contribution in [0.1, 0.15) is 11.1 Å². The molecule has 0 amide bonds. The van der Waals surface area contributed by atoms with E-state index in [-0.39, 0.29) is 6.01 Å². The number of rotatable bonds is 5. The zero-order chi connectivity index (χ0) is 18.3. The van der Waals surface area contributed by atoms with Crippen LogP contribution in [0.15, 0.2) is 35.0 Å². The van der Waals surface area contributed by atoms with Crippen LogP contribution in [0.3, 0.4) is 0 Å². The standard InChI is InChI=1S/C16H18N6O3S/c1-21-10-13(9-18-21)15-19-20-16(25-15)17-8-12-5-3-4-11-6-7-22(14(11)12)26(2,23)24/h3-5,9-10H,6-8H2,1-2H3,(H,17,20). The predicted octanol–water partition coefficient (Wildman–Crippen LogP) is 1.40. The molecule has 0 fully saturated rings. The second-order valence-electron chi connectivity index (χ2n) is 6.18. The lowest BCUT2D eigenvalue weighted by atomic mass is 10.1. The summed E-state index contributed by atoms with van der Waals surface area (Å²) >= 11 is 0. The van der Waals surface area contributed by atoms with Crippen molar-refractivity contribution in [3.63, 3.8) is 0 Å². The van der Waals surface area contributed by atoms with E-state index in [9.17, 15) is 8.42 Å². The normalized spacial score (nSPS) is 13.8. The first kappa shape index (κ1) is 16.6. The molecule has 0 saturated carbocycles. The molecular formula is C16H18N6O3S. The molecule has 1 aliphatic rings. The average Bonchev–Trinajstić information content (AvgIpc) is 3.30. The second-order valence-corrected chi connectivity index (χ2v) is 8.09. The number of aryl methyl sites for hydroxylation is 1. The molecule has 0 bridgehead atoms. The molecule has 1 aromatic carbocycles. The third kappa shape index (κ3) is 3.03. The first-order chi connectivity index (χ1) is 12.4. The minimum absolute atomic E-state index is 0.269. The Hall–Kier alpha value is -2.88. The minimum atomic E-state index is -3.31. The van der Waals surface area contributed by atoms with Crippen molar-refractivity contribution in [3.8, 4) is 11.5 Å². The molecule has 3 heterocycles. The summed E-state index contributed by atoms with van der Waals surface area (Å²) in [7, 11) is -1.50. The summed E-state index contributed by atoms with van der Waals surface area (Å²) < 4.78 is 32.8. The van der Waals surface area contributed by atoms with E-state index < -0.39 is 10.0 Å². The molecule has 1 N–H and O–H groups in total. The molecule has 0 spiro atoms. The van der Waals surface area contributed by atoms with E-state index in [1.165, 1.54) is 10.6 Å². The Labute approximate surface area is 150 Å². The number of aromatic nitrogens is 4. The number of sulfonamides is 1. The molecule has 0 atom stereocenters. The fraction of sp³-hybridized carbons (Fsp3) is 0.312. The van der Waals surface area contributed by atoms with Gasteiger partial charge in [0.1, 0.15) is 0 Å². The van der Waals surface area contributed by atoms with E-state index in [4.69, 9.17) is 4.42 Å². The predicted molar refractivity (Wildman–Crippen MR) is 96.2 cm³/mol.